The van der Waals surface area contributed by atoms with Gasteiger partial charge in [-0.25, -0.2) is 13.1 Å². The molecule has 0 atom stereocenters. The Labute approximate surface area is 130 Å². The van der Waals surface area contributed by atoms with Crippen LogP contribution in [-0.2, 0) is 14.8 Å². The Morgan fingerprint density at radius 3 is 2.45 bits per heavy atom. The lowest BCUT2D eigenvalue weighted by atomic mass is 10.0. The van der Waals surface area contributed by atoms with E-state index in [-0.39, 0.29) is 17.7 Å². The lowest BCUT2D eigenvalue weighted by molar-refractivity contribution is -0.137. The van der Waals surface area contributed by atoms with Gasteiger partial charge in [-0.3, -0.25) is 4.79 Å². The Kier molecular flexibility index (Phi) is 4.53. The molecule has 0 unspecified atom stereocenters. The first-order chi connectivity index (χ1) is 10.2. The third kappa shape index (κ3) is 3.84. The number of aliphatic carboxylic acids is 1. The normalized spacial score (nSPS) is 12.5. The molecule has 5 nitrogen and oxygen atoms in total. The third-order valence-corrected chi connectivity index (χ3v) is 5.17. The Morgan fingerprint density at radius 1 is 1.14 bits per heavy atom. The van der Waals surface area contributed by atoms with Crippen LogP contribution in [0.5, 0.6) is 0 Å². The summed E-state index contributed by atoms with van der Waals surface area (Å²) in [6, 6.07) is 12.3. The molecule has 0 saturated heterocycles. The molecule has 0 amide bonds. The predicted octanol–water partition coefficient (Wildman–Crippen LogP) is 2.76. The SMILES string of the molecule is CC(C)(CCC(=O)O)NS(=O)(=O)c1cccc2ccccc12. The molecule has 0 aromatic heterocycles. The number of hydrogen-bond acceptors (Lipinski definition) is 3. The number of fused-ring (bicyclic) bond motifs is 1. The van der Waals surface area contributed by atoms with Gasteiger partial charge in [0.2, 0.25) is 10.0 Å². The maximum atomic E-state index is 12.6. The van der Waals surface area contributed by atoms with Gasteiger partial charge in [-0.2, -0.15) is 0 Å². The molecule has 22 heavy (non-hydrogen) atoms. The van der Waals surface area contributed by atoms with Crippen LogP contribution < -0.4 is 4.72 Å². The highest BCUT2D eigenvalue weighted by Crippen LogP contribution is 2.24. The van der Waals surface area contributed by atoms with E-state index in [1.54, 1.807) is 38.1 Å². The molecule has 118 valence electrons. The molecule has 0 spiro atoms. The summed E-state index contributed by atoms with van der Waals surface area (Å²) in [5, 5.41) is 10.2. The fourth-order valence-electron chi connectivity index (χ4n) is 2.32. The molecule has 0 aliphatic carbocycles. The lowest BCUT2D eigenvalue weighted by Gasteiger charge is -2.25. The molecule has 2 rings (SSSR count). The van der Waals surface area contributed by atoms with E-state index in [1.165, 1.54) is 0 Å². The van der Waals surface area contributed by atoms with E-state index < -0.39 is 21.5 Å². The minimum absolute atomic E-state index is 0.0922. The van der Waals surface area contributed by atoms with Gasteiger partial charge in [-0.15, -0.1) is 0 Å². The van der Waals surface area contributed by atoms with Crippen LogP contribution in [0.1, 0.15) is 26.7 Å². The summed E-state index contributed by atoms with van der Waals surface area (Å²) in [4.78, 5) is 10.9. The zero-order valence-corrected chi connectivity index (χ0v) is 13.4. The average molecular weight is 321 g/mol. The van der Waals surface area contributed by atoms with Crippen molar-refractivity contribution in [2.24, 2.45) is 0 Å². The standard InChI is InChI=1S/C16H19NO4S/c1-16(2,11-10-15(18)19)17-22(20,21)14-9-5-7-12-6-3-4-8-13(12)14/h3-9,17H,10-11H2,1-2H3,(H,18,19). The minimum atomic E-state index is -3.74. The summed E-state index contributed by atoms with van der Waals surface area (Å²) in [7, 11) is -3.74. The number of carboxylic acid groups (broad SMARTS) is 1. The van der Waals surface area contributed by atoms with Gasteiger partial charge in [0.25, 0.3) is 0 Å². The van der Waals surface area contributed by atoms with Gasteiger partial charge in [-0.05, 0) is 31.7 Å². The number of carbonyl (C=O) groups is 1. The Balaban J connectivity index is 2.35. The van der Waals surface area contributed by atoms with E-state index in [2.05, 4.69) is 4.72 Å². The third-order valence-electron chi connectivity index (χ3n) is 3.41. The van der Waals surface area contributed by atoms with Crippen LogP contribution in [0.15, 0.2) is 47.4 Å². The first-order valence-electron chi connectivity index (χ1n) is 6.95. The van der Waals surface area contributed by atoms with E-state index in [1.807, 2.05) is 18.2 Å². The topological polar surface area (TPSA) is 83.5 Å². The quantitative estimate of drug-likeness (QED) is 0.857. The summed E-state index contributed by atoms with van der Waals surface area (Å²) in [6.45, 7) is 3.36. The predicted molar refractivity (Wildman–Crippen MR) is 85.2 cm³/mol. The molecule has 0 heterocycles. The largest absolute Gasteiger partial charge is 0.481 e. The van der Waals surface area contributed by atoms with Crippen LogP contribution in [0.4, 0.5) is 0 Å². The van der Waals surface area contributed by atoms with Gasteiger partial charge in [0.15, 0.2) is 0 Å². The van der Waals surface area contributed by atoms with Crippen molar-refractivity contribution in [3.05, 3.63) is 42.5 Å². The molecule has 0 fully saturated rings. The van der Waals surface area contributed by atoms with E-state index in [0.717, 1.165) is 5.39 Å². The Hall–Kier alpha value is -1.92. The van der Waals surface area contributed by atoms with Crippen molar-refractivity contribution in [3.8, 4) is 0 Å². The maximum absolute atomic E-state index is 12.6. The van der Waals surface area contributed by atoms with E-state index >= 15 is 0 Å². The molecular weight excluding hydrogens is 302 g/mol. The van der Waals surface area contributed by atoms with Gasteiger partial charge in [0.05, 0.1) is 4.90 Å². The van der Waals surface area contributed by atoms with Gasteiger partial charge in [0.1, 0.15) is 0 Å². The lowest BCUT2D eigenvalue weighted by Crippen LogP contribution is -2.43. The summed E-state index contributed by atoms with van der Waals surface area (Å²) >= 11 is 0. The molecule has 2 N–H and O–H groups in total. The number of benzene rings is 2. The second-order valence-electron chi connectivity index (χ2n) is 5.86. The van der Waals surface area contributed by atoms with Crippen molar-refractivity contribution in [2.45, 2.75) is 37.1 Å². The number of carboxylic acids is 1. The van der Waals surface area contributed by atoms with Crippen LogP contribution >= 0.6 is 0 Å². The second kappa shape index (κ2) is 6.06. The van der Waals surface area contributed by atoms with E-state index in [9.17, 15) is 13.2 Å². The fourth-order valence-corrected chi connectivity index (χ4v) is 3.99. The number of hydrogen-bond donors (Lipinski definition) is 2. The molecule has 2 aromatic rings. The van der Waals surface area contributed by atoms with Crippen LogP contribution in [0.2, 0.25) is 0 Å². The highest BCUT2D eigenvalue weighted by Gasteiger charge is 2.27. The number of nitrogens with one attached hydrogen (secondary N) is 1. The molecular formula is C16H19NO4S. The van der Waals surface area contributed by atoms with Gasteiger partial charge >= 0.3 is 5.97 Å². The minimum Gasteiger partial charge on any atom is -0.481 e. The fraction of sp³-hybridized carbons (Fsp3) is 0.312. The smallest absolute Gasteiger partial charge is 0.303 e. The van der Waals surface area contributed by atoms with Crippen LogP contribution in [0, 0.1) is 0 Å². The van der Waals surface area contributed by atoms with Gasteiger partial charge < -0.3 is 5.11 Å². The zero-order chi connectivity index (χ0) is 16.4. The summed E-state index contributed by atoms with van der Waals surface area (Å²) in [6.07, 6.45) is 0.122. The first-order valence-corrected chi connectivity index (χ1v) is 8.43. The molecule has 0 bridgehead atoms. The first kappa shape index (κ1) is 16.5. The van der Waals surface area contributed by atoms with Gasteiger partial charge in [0, 0.05) is 17.3 Å². The van der Waals surface area contributed by atoms with Crippen LogP contribution in [0.25, 0.3) is 10.8 Å². The van der Waals surface area contributed by atoms with Crippen LogP contribution in [0.3, 0.4) is 0 Å². The average Bonchev–Trinajstić information content (AvgIpc) is 2.43. The Morgan fingerprint density at radius 2 is 1.77 bits per heavy atom. The molecule has 0 saturated carbocycles. The number of sulfonamides is 1. The summed E-state index contributed by atoms with van der Waals surface area (Å²) < 4.78 is 27.9. The monoisotopic (exact) mass is 321 g/mol. The van der Waals surface area contributed by atoms with Crippen molar-refractivity contribution < 1.29 is 18.3 Å². The van der Waals surface area contributed by atoms with E-state index in [4.69, 9.17) is 5.11 Å². The molecule has 0 aliphatic heterocycles. The van der Waals surface area contributed by atoms with E-state index in [0.29, 0.717) is 5.39 Å². The van der Waals surface area contributed by atoms with Crippen molar-refractivity contribution in [3.63, 3.8) is 0 Å². The van der Waals surface area contributed by atoms with Crippen molar-refractivity contribution >= 4 is 26.8 Å². The maximum Gasteiger partial charge on any atom is 0.303 e. The molecule has 2 aromatic carbocycles. The van der Waals surface area contributed by atoms with Crippen molar-refractivity contribution in [2.75, 3.05) is 0 Å². The highest BCUT2D eigenvalue weighted by molar-refractivity contribution is 7.89. The number of rotatable bonds is 6. The van der Waals surface area contributed by atoms with Gasteiger partial charge in [-0.1, -0.05) is 36.4 Å². The summed E-state index contributed by atoms with van der Waals surface area (Å²) in [5.41, 5.74) is -0.839. The molecule has 0 aliphatic rings. The molecule has 0 radical (unpaired) electrons. The van der Waals surface area contributed by atoms with Crippen molar-refractivity contribution in [1.82, 2.24) is 4.72 Å². The summed E-state index contributed by atoms with van der Waals surface area (Å²) in [5.74, 6) is -0.947. The highest BCUT2D eigenvalue weighted by atomic mass is 32.2. The zero-order valence-electron chi connectivity index (χ0n) is 12.5. The second-order valence-corrected chi connectivity index (χ2v) is 7.51. The Bertz CT molecular complexity index is 791. The molecule has 6 heteroatoms. The van der Waals surface area contributed by atoms with Crippen LogP contribution in [-0.4, -0.2) is 25.0 Å². The van der Waals surface area contributed by atoms with Crippen molar-refractivity contribution in [1.29, 1.82) is 0 Å².